The fourth-order valence-electron chi connectivity index (χ4n) is 2.45. The normalized spacial score (nSPS) is 10.5. The van der Waals surface area contributed by atoms with E-state index in [-0.39, 0.29) is 5.82 Å². The topological polar surface area (TPSA) is 9.23 Å². The Morgan fingerprint density at radius 2 is 1.32 bits per heavy atom. The summed E-state index contributed by atoms with van der Waals surface area (Å²) in [6, 6.07) is 20.9. The fraction of sp³-hybridized carbons (Fsp3) is 0.100. The molecule has 0 saturated carbocycles. The second kappa shape index (κ2) is 6.02. The van der Waals surface area contributed by atoms with Crippen molar-refractivity contribution < 1.29 is 9.13 Å². The Bertz CT molecular complexity index is 774. The third kappa shape index (κ3) is 2.86. The van der Waals surface area contributed by atoms with Gasteiger partial charge in [-0.1, -0.05) is 54.1 Å². The zero-order valence-corrected chi connectivity index (χ0v) is 12.6. The van der Waals surface area contributed by atoms with E-state index in [1.165, 1.54) is 5.56 Å². The van der Waals surface area contributed by atoms with E-state index in [2.05, 4.69) is 0 Å². The highest BCUT2D eigenvalue weighted by atomic mass is 19.1. The molecule has 0 heterocycles. The highest BCUT2D eigenvalue weighted by Gasteiger charge is 2.07. The van der Waals surface area contributed by atoms with Crippen LogP contribution < -0.4 is 4.74 Å². The Labute approximate surface area is 130 Å². The monoisotopic (exact) mass is 292 g/mol. The van der Waals surface area contributed by atoms with Crippen LogP contribution in [0.1, 0.15) is 5.56 Å². The van der Waals surface area contributed by atoms with Crippen LogP contribution in [0.25, 0.3) is 22.3 Å². The van der Waals surface area contributed by atoms with Gasteiger partial charge in [-0.2, -0.15) is 0 Å². The summed E-state index contributed by atoms with van der Waals surface area (Å²) in [6.07, 6.45) is 0. The van der Waals surface area contributed by atoms with Crippen molar-refractivity contribution in [1.82, 2.24) is 0 Å². The van der Waals surface area contributed by atoms with Gasteiger partial charge in [0.2, 0.25) is 0 Å². The Morgan fingerprint density at radius 3 is 1.91 bits per heavy atom. The van der Waals surface area contributed by atoms with E-state index in [9.17, 15) is 4.39 Å². The van der Waals surface area contributed by atoms with Gasteiger partial charge in [-0.3, -0.25) is 0 Å². The molecule has 1 nitrogen and oxygen atoms in total. The number of halogens is 1. The highest BCUT2D eigenvalue weighted by molar-refractivity contribution is 5.71. The molecule has 0 atom stereocenters. The van der Waals surface area contributed by atoms with Crippen molar-refractivity contribution >= 4 is 0 Å². The maximum absolute atomic E-state index is 14.5. The number of hydrogen-bond acceptors (Lipinski definition) is 1. The summed E-state index contributed by atoms with van der Waals surface area (Å²) in [5, 5.41) is 0. The summed E-state index contributed by atoms with van der Waals surface area (Å²) in [5.74, 6) is 0.545. The van der Waals surface area contributed by atoms with Gasteiger partial charge >= 0.3 is 0 Å². The van der Waals surface area contributed by atoms with Crippen molar-refractivity contribution in [2.24, 2.45) is 0 Å². The van der Waals surface area contributed by atoms with Crippen LogP contribution in [0.2, 0.25) is 0 Å². The van der Waals surface area contributed by atoms with Crippen LogP contribution in [-0.4, -0.2) is 7.11 Å². The molecule has 0 aliphatic rings. The summed E-state index contributed by atoms with van der Waals surface area (Å²) in [6.45, 7) is 2.04. The van der Waals surface area contributed by atoms with Crippen molar-refractivity contribution in [3.05, 3.63) is 78.1 Å². The lowest BCUT2D eigenvalue weighted by atomic mass is 9.99. The van der Waals surface area contributed by atoms with Gasteiger partial charge < -0.3 is 4.74 Å². The standard InChI is InChI=1S/C20H17FO/c1-14-3-5-15(6-4-14)17-9-12-19(20(21)13-17)16-7-10-18(22-2)11-8-16/h3-13H,1-2H3. The Morgan fingerprint density at radius 1 is 0.727 bits per heavy atom. The Hall–Kier alpha value is -2.61. The summed E-state index contributed by atoms with van der Waals surface area (Å²) in [4.78, 5) is 0. The summed E-state index contributed by atoms with van der Waals surface area (Å²) in [5.41, 5.74) is 4.53. The summed E-state index contributed by atoms with van der Waals surface area (Å²) < 4.78 is 19.6. The molecule has 0 aliphatic carbocycles. The smallest absolute Gasteiger partial charge is 0.131 e. The lowest BCUT2D eigenvalue weighted by molar-refractivity contribution is 0.415. The molecule has 0 radical (unpaired) electrons. The maximum Gasteiger partial charge on any atom is 0.131 e. The molecule has 0 N–H and O–H groups in total. The van der Waals surface area contributed by atoms with Crippen LogP contribution in [0.3, 0.4) is 0 Å². The number of benzene rings is 3. The lowest BCUT2D eigenvalue weighted by Gasteiger charge is -2.08. The summed E-state index contributed by atoms with van der Waals surface area (Å²) >= 11 is 0. The van der Waals surface area contributed by atoms with E-state index < -0.39 is 0 Å². The zero-order chi connectivity index (χ0) is 15.5. The van der Waals surface area contributed by atoms with Gasteiger partial charge in [-0.25, -0.2) is 4.39 Å². The van der Waals surface area contributed by atoms with Gasteiger partial charge in [-0.15, -0.1) is 0 Å². The van der Waals surface area contributed by atoms with Crippen LogP contribution in [0.5, 0.6) is 5.75 Å². The largest absolute Gasteiger partial charge is 0.497 e. The molecule has 0 unspecified atom stereocenters. The minimum absolute atomic E-state index is 0.219. The van der Waals surface area contributed by atoms with Crippen molar-refractivity contribution in [3.63, 3.8) is 0 Å². The molecule has 0 fully saturated rings. The predicted octanol–water partition coefficient (Wildman–Crippen LogP) is 5.48. The van der Waals surface area contributed by atoms with Gasteiger partial charge in [-0.05, 0) is 41.8 Å². The van der Waals surface area contributed by atoms with Crippen molar-refractivity contribution in [3.8, 4) is 28.0 Å². The molecule has 22 heavy (non-hydrogen) atoms. The van der Waals surface area contributed by atoms with E-state index >= 15 is 0 Å². The highest BCUT2D eigenvalue weighted by Crippen LogP contribution is 2.29. The van der Waals surface area contributed by atoms with Gasteiger partial charge in [0.1, 0.15) is 11.6 Å². The van der Waals surface area contributed by atoms with E-state index in [4.69, 9.17) is 4.74 Å². The van der Waals surface area contributed by atoms with Crippen molar-refractivity contribution in [2.75, 3.05) is 7.11 Å². The first-order valence-corrected chi connectivity index (χ1v) is 7.18. The average Bonchev–Trinajstić information content (AvgIpc) is 2.56. The van der Waals surface area contributed by atoms with E-state index in [1.807, 2.05) is 67.6 Å². The molecule has 3 rings (SSSR count). The zero-order valence-electron chi connectivity index (χ0n) is 12.6. The second-order valence-corrected chi connectivity index (χ2v) is 5.29. The van der Waals surface area contributed by atoms with Crippen LogP contribution >= 0.6 is 0 Å². The molecule has 3 aromatic rings. The van der Waals surface area contributed by atoms with Crippen molar-refractivity contribution in [2.45, 2.75) is 6.92 Å². The molecule has 2 heteroatoms. The second-order valence-electron chi connectivity index (χ2n) is 5.29. The number of hydrogen-bond donors (Lipinski definition) is 0. The molecule has 110 valence electrons. The van der Waals surface area contributed by atoms with Crippen molar-refractivity contribution in [1.29, 1.82) is 0 Å². The molecular formula is C20H17FO. The first kappa shape index (κ1) is 14.3. The van der Waals surface area contributed by atoms with Crippen LogP contribution in [0.4, 0.5) is 4.39 Å². The first-order chi connectivity index (χ1) is 10.7. The molecule has 0 amide bonds. The van der Waals surface area contributed by atoms with E-state index in [0.29, 0.717) is 5.56 Å². The van der Waals surface area contributed by atoms with Crippen LogP contribution in [0.15, 0.2) is 66.7 Å². The maximum atomic E-state index is 14.5. The molecule has 0 spiro atoms. The minimum atomic E-state index is -0.219. The van der Waals surface area contributed by atoms with Gasteiger partial charge in [0.15, 0.2) is 0 Å². The van der Waals surface area contributed by atoms with Gasteiger partial charge in [0.05, 0.1) is 7.11 Å². The SMILES string of the molecule is COc1ccc(-c2ccc(-c3ccc(C)cc3)cc2F)cc1. The van der Waals surface area contributed by atoms with Crippen LogP contribution in [0, 0.1) is 12.7 Å². The molecule has 0 aliphatic heterocycles. The molecule has 0 saturated heterocycles. The molecular weight excluding hydrogens is 275 g/mol. The number of ether oxygens (including phenoxy) is 1. The number of aryl methyl sites for hydroxylation is 1. The molecule has 3 aromatic carbocycles. The number of methoxy groups -OCH3 is 1. The van der Waals surface area contributed by atoms with Crippen LogP contribution in [-0.2, 0) is 0 Å². The Kier molecular flexibility index (Phi) is 3.92. The van der Waals surface area contributed by atoms with Gasteiger partial charge in [0.25, 0.3) is 0 Å². The fourth-order valence-corrected chi connectivity index (χ4v) is 2.45. The molecule has 0 bridgehead atoms. The van der Waals surface area contributed by atoms with Gasteiger partial charge in [0, 0.05) is 5.56 Å². The quantitative estimate of drug-likeness (QED) is 0.621. The number of rotatable bonds is 3. The summed E-state index contributed by atoms with van der Waals surface area (Å²) in [7, 11) is 1.62. The lowest BCUT2D eigenvalue weighted by Crippen LogP contribution is -1.88. The third-order valence-corrected chi connectivity index (χ3v) is 3.76. The Balaban J connectivity index is 1.96. The molecule has 0 aromatic heterocycles. The minimum Gasteiger partial charge on any atom is -0.497 e. The third-order valence-electron chi connectivity index (χ3n) is 3.76. The van der Waals surface area contributed by atoms with E-state index in [1.54, 1.807) is 13.2 Å². The predicted molar refractivity (Wildman–Crippen MR) is 88.6 cm³/mol. The first-order valence-electron chi connectivity index (χ1n) is 7.18. The average molecular weight is 292 g/mol. The van der Waals surface area contributed by atoms with E-state index in [0.717, 1.165) is 22.4 Å².